The Labute approximate surface area is 167 Å². The Hall–Kier alpha value is -1.09. The molecule has 0 bridgehead atoms. The fourth-order valence-electron chi connectivity index (χ4n) is 3.82. The maximum Gasteiger partial charge on any atom is 0.289 e. The maximum absolute atomic E-state index is 12.7. The van der Waals surface area contributed by atoms with Crippen molar-refractivity contribution in [2.24, 2.45) is 5.92 Å². The van der Waals surface area contributed by atoms with Gasteiger partial charge < -0.3 is 14.6 Å². The molecule has 27 heavy (non-hydrogen) atoms. The van der Waals surface area contributed by atoms with Gasteiger partial charge in [-0.05, 0) is 58.5 Å². The molecule has 1 aromatic rings. The molecule has 2 fully saturated rings. The zero-order valence-electron chi connectivity index (χ0n) is 16.1. The number of hydrogen-bond acceptors (Lipinski definition) is 5. The average Bonchev–Trinajstić information content (AvgIpc) is 3.30. The van der Waals surface area contributed by atoms with Crippen molar-refractivity contribution in [1.82, 2.24) is 14.5 Å². The number of amides is 1. The van der Waals surface area contributed by atoms with Crippen molar-refractivity contribution < 1.29 is 17.6 Å². The Morgan fingerprint density at radius 3 is 2.44 bits per heavy atom. The molecule has 3 heterocycles. The summed E-state index contributed by atoms with van der Waals surface area (Å²) in [4.78, 5) is 14.7. The predicted octanol–water partition coefficient (Wildman–Crippen LogP) is 2.26. The van der Waals surface area contributed by atoms with Crippen molar-refractivity contribution in [3.8, 4) is 0 Å². The minimum absolute atomic E-state index is 0. The molecule has 0 saturated carbocycles. The molecule has 0 aliphatic carbocycles. The first-order valence-corrected chi connectivity index (χ1v) is 10.9. The lowest BCUT2D eigenvalue weighted by molar-refractivity contribution is 0.0653. The van der Waals surface area contributed by atoms with Crippen LogP contribution >= 0.6 is 12.4 Å². The van der Waals surface area contributed by atoms with Crippen LogP contribution in [-0.4, -0.2) is 63.3 Å². The minimum atomic E-state index is -3.57. The van der Waals surface area contributed by atoms with Crippen LogP contribution in [0.1, 0.15) is 48.4 Å². The smallest absolute Gasteiger partial charge is 0.289 e. The third-order valence-electron chi connectivity index (χ3n) is 5.47. The maximum atomic E-state index is 12.7. The zero-order chi connectivity index (χ0) is 18.7. The van der Waals surface area contributed by atoms with E-state index in [4.69, 9.17) is 4.42 Å². The Bertz CT molecular complexity index is 736. The van der Waals surface area contributed by atoms with Crippen LogP contribution in [-0.2, 0) is 10.0 Å². The van der Waals surface area contributed by atoms with Gasteiger partial charge in [-0.25, -0.2) is 8.42 Å². The Balaban J connectivity index is 0.00000261. The number of nitrogens with zero attached hydrogens (tertiary/aromatic N) is 2. The molecule has 0 aromatic carbocycles. The van der Waals surface area contributed by atoms with Crippen LogP contribution in [0, 0.1) is 12.8 Å². The molecule has 0 spiro atoms. The zero-order valence-corrected chi connectivity index (χ0v) is 17.7. The lowest BCUT2D eigenvalue weighted by Gasteiger charge is -2.31. The molecule has 154 valence electrons. The number of aryl methyl sites for hydroxylation is 1. The average molecular weight is 420 g/mol. The molecule has 2 aliphatic rings. The van der Waals surface area contributed by atoms with E-state index >= 15 is 0 Å². The van der Waals surface area contributed by atoms with E-state index in [9.17, 15) is 13.2 Å². The van der Waals surface area contributed by atoms with Gasteiger partial charge in [0.25, 0.3) is 5.91 Å². The van der Waals surface area contributed by atoms with E-state index in [0.717, 1.165) is 38.6 Å². The highest BCUT2D eigenvalue weighted by molar-refractivity contribution is 7.89. The summed E-state index contributed by atoms with van der Waals surface area (Å²) in [7, 11) is -1.62. The highest BCUT2D eigenvalue weighted by Gasteiger charge is 2.33. The third-order valence-corrected chi connectivity index (χ3v) is 7.48. The lowest BCUT2D eigenvalue weighted by atomic mass is 9.93. The first-order chi connectivity index (χ1) is 12.4. The van der Waals surface area contributed by atoms with E-state index in [1.165, 1.54) is 10.4 Å². The van der Waals surface area contributed by atoms with Crippen LogP contribution in [0.25, 0.3) is 0 Å². The fraction of sp³-hybridized carbons (Fsp3) is 0.722. The molecule has 3 rings (SSSR count). The second-order valence-corrected chi connectivity index (χ2v) is 9.18. The molecular weight excluding hydrogens is 390 g/mol. The van der Waals surface area contributed by atoms with Crippen molar-refractivity contribution in [2.45, 2.75) is 43.9 Å². The molecule has 2 aliphatic heterocycles. The number of furan rings is 1. The molecule has 1 aromatic heterocycles. The number of carbonyl (C=O) groups excluding carboxylic acids is 1. The summed E-state index contributed by atoms with van der Waals surface area (Å²) in [5, 5.41) is 3.16. The number of carbonyl (C=O) groups is 1. The fourth-order valence-corrected chi connectivity index (χ4v) is 5.50. The first-order valence-electron chi connectivity index (χ1n) is 9.48. The van der Waals surface area contributed by atoms with Crippen LogP contribution in [0.2, 0.25) is 0 Å². The largest absolute Gasteiger partial charge is 0.455 e. The van der Waals surface area contributed by atoms with E-state index < -0.39 is 10.0 Å². The molecule has 0 unspecified atom stereocenters. The van der Waals surface area contributed by atoms with Gasteiger partial charge in [0, 0.05) is 32.2 Å². The predicted molar refractivity (Wildman–Crippen MR) is 106 cm³/mol. The number of rotatable bonds is 6. The van der Waals surface area contributed by atoms with Crippen molar-refractivity contribution in [1.29, 1.82) is 0 Å². The molecular formula is C18H30ClN3O4S. The summed E-state index contributed by atoms with van der Waals surface area (Å²) in [6.45, 7) is 5.08. The number of nitrogens with one attached hydrogen (secondary N) is 1. The van der Waals surface area contributed by atoms with Gasteiger partial charge in [0.15, 0.2) is 5.76 Å². The number of hydrogen-bond donors (Lipinski definition) is 1. The molecule has 2 saturated heterocycles. The van der Waals surface area contributed by atoms with Gasteiger partial charge in [0.1, 0.15) is 10.7 Å². The van der Waals surface area contributed by atoms with Gasteiger partial charge in [-0.1, -0.05) is 0 Å². The summed E-state index contributed by atoms with van der Waals surface area (Å²) >= 11 is 0. The highest BCUT2D eigenvalue weighted by atomic mass is 35.5. The van der Waals surface area contributed by atoms with Gasteiger partial charge in [-0.3, -0.25) is 4.79 Å². The van der Waals surface area contributed by atoms with Crippen LogP contribution in [0.5, 0.6) is 0 Å². The number of piperidine rings is 1. The topological polar surface area (TPSA) is 82.9 Å². The van der Waals surface area contributed by atoms with Crippen molar-refractivity contribution in [3.05, 3.63) is 17.6 Å². The SMILES string of the molecule is CNCCC1CCN(C(=O)c2cc(S(=O)(=O)N3CCCC3)c(C)o2)CC1.Cl. The van der Waals surface area contributed by atoms with E-state index in [0.29, 0.717) is 37.9 Å². The van der Waals surface area contributed by atoms with Crippen molar-refractivity contribution >= 4 is 28.3 Å². The summed E-state index contributed by atoms with van der Waals surface area (Å²) in [6, 6.07) is 1.42. The molecule has 0 radical (unpaired) electrons. The lowest BCUT2D eigenvalue weighted by Crippen LogP contribution is -2.38. The summed E-state index contributed by atoms with van der Waals surface area (Å²) in [5.74, 6) is 0.858. The van der Waals surface area contributed by atoms with E-state index in [2.05, 4.69) is 5.32 Å². The van der Waals surface area contributed by atoms with Crippen LogP contribution in [0.15, 0.2) is 15.4 Å². The quantitative estimate of drug-likeness (QED) is 0.764. The Morgan fingerprint density at radius 1 is 1.22 bits per heavy atom. The van der Waals surface area contributed by atoms with Crippen LogP contribution < -0.4 is 5.32 Å². The second-order valence-electron chi connectivity index (χ2n) is 7.27. The monoisotopic (exact) mass is 419 g/mol. The Kier molecular flexibility index (Phi) is 7.73. The van der Waals surface area contributed by atoms with Gasteiger partial charge in [-0.15, -0.1) is 12.4 Å². The van der Waals surface area contributed by atoms with Crippen molar-refractivity contribution in [2.75, 3.05) is 39.8 Å². The third kappa shape index (κ3) is 4.85. The molecule has 9 heteroatoms. The molecule has 1 N–H and O–H groups in total. The van der Waals surface area contributed by atoms with Crippen LogP contribution in [0.4, 0.5) is 0 Å². The summed E-state index contributed by atoms with van der Waals surface area (Å²) in [6.07, 6.45) is 4.84. The minimum Gasteiger partial charge on any atom is -0.455 e. The second kappa shape index (κ2) is 9.41. The van der Waals surface area contributed by atoms with E-state index in [1.807, 2.05) is 7.05 Å². The number of sulfonamides is 1. The van der Waals surface area contributed by atoms with Gasteiger partial charge in [0.05, 0.1) is 0 Å². The first kappa shape index (κ1) is 22.2. The summed E-state index contributed by atoms with van der Waals surface area (Å²) in [5.41, 5.74) is 0. The number of likely N-dealkylation sites (tertiary alicyclic amines) is 1. The van der Waals surface area contributed by atoms with E-state index in [1.54, 1.807) is 11.8 Å². The van der Waals surface area contributed by atoms with Crippen molar-refractivity contribution in [3.63, 3.8) is 0 Å². The molecule has 7 nitrogen and oxygen atoms in total. The van der Waals surface area contributed by atoms with Crippen LogP contribution in [0.3, 0.4) is 0 Å². The van der Waals surface area contributed by atoms with Gasteiger partial charge in [-0.2, -0.15) is 4.31 Å². The summed E-state index contributed by atoms with van der Waals surface area (Å²) < 4.78 is 32.5. The van der Waals surface area contributed by atoms with E-state index in [-0.39, 0.29) is 29.0 Å². The molecule has 0 atom stereocenters. The number of halogens is 1. The van der Waals surface area contributed by atoms with Gasteiger partial charge >= 0.3 is 0 Å². The normalized spacial score (nSPS) is 19.3. The standard InChI is InChI=1S/C18H29N3O4S.ClH/c1-14-17(26(23,24)21-9-3-4-10-21)13-16(25-14)18(22)20-11-6-15(7-12-20)5-8-19-2;/h13,15,19H,3-12H2,1-2H3;1H. The highest BCUT2D eigenvalue weighted by Crippen LogP contribution is 2.28. The molecule has 1 amide bonds. The Morgan fingerprint density at radius 2 is 1.85 bits per heavy atom. The van der Waals surface area contributed by atoms with Gasteiger partial charge in [0.2, 0.25) is 10.0 Å².